The first-order valence-electron chi connectivity index (χ1n) is 5.05. The molecular formula is C10H15BrN2O3. The maximum absolute atomic E-state index is 5.30. The van der Waals surface area contributed by atoms with E-state index in [-0.39, 0.29) is 0 Å². The molecule has 0 amide bonds. The number of hydrogen-bond acceptors (Lipinski definition) is 5. The van der Waals surface area contributed by atoms with Gasteiger partial charge in [0.2, 0.25) is 5.88 Å². The van der Waals surface area contributed by atoms with Crippen LogP contribution in [-0.2, 0) is 4.74 Å². The van der Waals surface area contributed by atoms with Crippen molar-refractivity contribution in [2.45, 2.75) is 13.3 Å². The van der Waals surface area contributed by atoms with Crippen molar-refractivity contribution in [3.05, 3.63) is 10.7 Å². The fourth-order valence-corrected chi connectivity index (χ4v) is 1.34. The first-order chi connectivity index (χ1) is 7.77. The van der Waals surface area contributed by atoms with Crippen LogP contribution < -0.4 is 9.47 Å². The summed E-state index contributed by atoms with van der Waals surface area (Å²) in [5.74, 6) is 0.458. The van der Waals surface area contributed by atoms with Crippen LogP contribution in [0.25, 0.3) is 0 Å². The predicted octanol–water partition coefficient (Wildman–Crippen LogP) is 2.05. The van der Waals surface area contributed by atoms with Crippen molar-refractivity contribution < 1.29 is 14.2 Å². The summed E-state index contributed by atoms with van der Waals surface area (Å²) in [7, 11) is 1.54. The van der Waals surface area contributed by atoms with Gasteiger partial charge in [-0.3, -0.25) is 0 Å². The third-order valence-electron chi connectivity index (χ3n) is 1.69. The molecule has 5 nitrogen and oxygen atoms in total. The molecule has 0 aliphatic carbocycles. The molecule has 0 fully saturated rings. The van der Waals surface area contributed by atoms with E-state index in [4.69, 9.17) is 14.2 Å². The number of nitrogens with zero attached hydrogens (tertiary/aromatic N) is 2. The second-order valence-corrected chi connectivity index (χ2v) is 3.82. The molecule has 0 atom stereocenters. The topological polar surface area (TPSA) is 53.5 Å². The van der Waals surface area contributed by atoms with E-state index in [9.17, 15) is 0 Å². The first-order valence-corrected chi connectivity index (χ1v) is 5.84. The van der Waals surface area contributed by atoms with Gasteiger partial charge in [-0.05, 0) is 22.4 Å². The lowest BCUT2D eigenvalue weighted by atomic mass is 10.5. The molecule has 1 aromatic heterocycles. The second kappa shape index (κ2) is 7.40. The number of halogens is 1. The van der Waals surface area contributed by atoms with Gasteiger partial charge in [0.15, 0.2) is 0 Å². The Kier molecular flexibility index (Phi) is 6.10. The zero-order valence-corrected chi connectivity index (χ0v) is 11.0. The minimum atomic E-state index is 0.292. The zero-order chi connectivity index (χ0) is 11.8. The summed E-state index contributed by atoms with van der Waals surface area (Å²) in [6.45, 7) is 3.78. The van der Waals surface area contributed by atoms with Gasteiger partial charge in [0.05, 0.1) is 24.4 Å². The Hall–Kier alpha value is -0.880. The number of hydrogen-bond donors (Lipinski definition) is 0. The largest absolute Gasteiger partial charge is 0.480 e. The summed E-state index contributed by atoms with van der Waals surface area (Å²) in [5, 5.41) is 0. The molecule has 1 aromatic rings. The summed E-state index contributed by atoms with van der Waals surface area (Å²) in [6.07, 6.45) is 2.59. The molecule has 0 bridgehead atoms. The van der Waals surface area contributed by atoms with Gasteiger partial charge < -0.3 is 14.2 Å². The highest BCUT2D eigenvalue weighted by molar-refractivity contribution is 9.10. The summed E-state index contributed by atoms with van der Waals surface area (Å²) >= 11 is 3.26. The molecule has 1 rings (SSSR count). The van der Waals surface area contributed by atoms with Crippen molar-refractivity contribution in [2.24, 2.45) is 0 Å². The summed E-state index contributed by atoms with van der Waals surface area (Å²) < 4.78 is 16.3. The molecule has 0 N–H and O–H groups in total. The van der Waals surface area contributed by atoms with Crippen molar-refractivity contribution in [3.8, 4) is 11.9 Å². The predicted molar refractivity (Wildman–Crippen MR) is 62.9 cm³/mol. The SMILES string of the molecule is CCCOCCOc1ncc(Br)c(OC)n1. The average Bonchev–Trinajstić information content (AvgIpc) is 2.31. The highest BCUT2D eigenvalue weighted by atomic mass is 79.9. The molecule has 90 valence electrons. The Morgan fingerprint density at radius 3 is 2.81 bits per heavy atom. The van der Waals surface area contributed by atoms with E-state index in [1.165, 1.54) is 0 Å². The Bertz CT molecular complexity index is 323. The van der Waals surface area contributed by atoms with Crippen molar-refractivity contribution in [1.29, 1.82) is 0 Å². The van der Waals surface area contributed by atoms with Gasteiger partial charge in [-0.1, -0.05) is 6.92 Å². The van der Waals surface area contributed by atoms with E-state index in [1.54, 1.807) is 13.3 Å². The molecule has 1 heterocycles. The van der Waals surface area contributed by atoms with E-state index in [0.717, 1.165) is 13.0 Å². The summed E-state index contributed by atoms with van der Waals surface area (Å²) in [4.78, 5) is 8.04. The van der Waals surface area contributed by atoms with Gasteiger partial charge in [0, 0.05) is 6.61 Å². The van der Waals surface area contributed by atoms with Crippen LogP contribution >= 0.6 is 15.9 Å². The lowest BCUT2D eigenvalue weighted by Crippen LogP contribution is -2.09. The monoisotopic (exact) mass is 290 g/mol. The van der Waals surface area contributed by atoms with Crippen LogP contribution in [0.3, 0.4) is 0 Å². The summed E-state index contributed by atoms with van der Waals surface area (Å²) in [6, 6.07) is 0.292. The maximum Gasteiger partial charge on any atom is 0.319 e. The second-order valence-electron chi connectivity index (χ2n) is 2.97. The molecule has 0 aliphatic heterocycles. The van der Waals surface area contributed by atoms with Crippen molar-refractivity contribution in [1.82, 2.24) is 9.97 Å². The molecule has 0 aliphatic rings. The lowest BCUT2D eigenvalue weighted by molar-refractivity contribution is 0.0968. The van der Waals surface area contributed by atoms with Gasteiger partial charge in [-0.2, -0.15) is 4.98 Å². The Balaban J connectivity index is 2.36. The molecule has 0 unspecified atom stereocenters. The van der Waals surface area contributed by atoms with Crippen molar-refractivity contribution in [3.63, 3.8) is 0 Å². The number of ether oxygens (including phenoxy) is 3. The van der Waals surface area contributed by atoms with Gasteiger partial charge in [0.25, 0.3) is 0 Å². The maximum atomic E-state index is 5.30. The molecule has 0 radical (unpaired) electrons. The zero-order valence-electron chi connectivity index (χ0n) is 9.40. The van der Waals surface area contributed by atoms with Crippen LogP contribution in [0, 0.1) is 0 Å². The molecule has 0 saturated carbocycles. The van der Waals surface area contributed by atoms with Crippen LogP contribution in [0.5, 0.6) is 11.9 Å². The molecule has 0 aromatic carbocycles. The Morgan fingerprint density at radius 2 is 2.12 bits per heavy atom. The Labute approximate surface area is 103 Å². The molecular weight excluding hydrogens is 276 g/mol. The van der Waals surface area contributed by atoms with E-state index >= 15 is 0 Å². The minimum Gasteiger partial charge on any atom is -0.480 e. The van der Waals surface area contributed by atoms with Gasteiger partial charge in [-0.25, -0.2) is 4.98 Å². The fraction of sp³-hybridized carbons (Fsp3) is 0.600. The third kappa shape index (κ3) is 4.32. The molecule has 16 heavy (non-hydrogen) atoms. The van der Waals surface area contributed by atoms with E-state index in [1.807, 2.05) is 0 Å². The first kappa shape index (κ1) is 13.2. The standard InChI is InChI=1S/C10H15BrN2O3/c1-3-4-15-5-6-16-10-12-7-8(11)9(13-10)14-2/h7H,3-6H2,1-2H3. The molecule has 0 spiro atoms. The van der Waals surface area contributed by atoms with Crippen molar-refractivity contribution >= 4 is 15.9 Å². The van der Waals surface area contributed by atoms with Gasteiger partial charge >= 0.3 is 6.01 Å². The summed E-state index contributed by atoms with van der Waals surface area (Å²) in [5.41, 5.74) is 0. The van der Waals surface area contributed by atoms with Crippen LogP contribution in [0.4, 0.5) is 0 Å². The van der Waals surface area contributed by atoms with Crippen LogP contribution in [0.2, 0.25) is 0 Å². The van der Waals surface area contributed by atoms with Crippen LogP contribution in [0.1, 0.15) is 13.3 Å². The van der Waals surface area contributed by atoms with Crippen molar-refractivity contribution in [2.75, 3.05) is 26.9 Å². The minimum absolute atomic E-state index is 0.292. The highest BCUT2D eigenvalue weighted by Gasteiger charge is 2.05. The third-order valence-corrected chi connectivity index (χ3v) is 2.23. The van der Waals surface area contributed by atoms with E-state index in [2.05, 4.69) is 32.8 Å². The number of aromatic nitrogens is 2. The highest BCUT2D eigenvalue weighted by Crippen LogP contribution is 2.22. The van der Waals surface area contributed by atoms with Gasteiger partial charge in [0.1, 0.15) is 6.61 Å². The van der Waals surface area contributed by atoms with Crippen LogP contribution in [0.15, 0.2) is 10.7 Å². The quantitative estimate of drug-likeness (QED) is 0.720. The number of methoxy groups -OCH3 is 1. The lowest BCUT2D eigenvalue weighted by Gasteiger charge is -2.06. The van der Waals surface area contributed by atoms with Gasteiger partial charge in [-0.15, -0.1) is 0 Å². The fourth-order valence-electron chi connectivity index (χ4n) is 0.987. The van der Waals surface area contributed by atoms with Crippen LogP contribution in [-0.4, -0.2) is 36.9 Å². The number of rotatable bonds is 7. The molecule has 0 saturated heterocycles. The molecule has 6 heteroatoms. The smallest absolute Gasteiger partial charge is 0.319 e. The van der Waals surface area contributed by atoms with E-state index < -0.39 is 0 Å². The van der Waals surface area contributed by atoms with E-state index in [0.29, 0.717) is 29.6 Å². The Morgan fingerprint density at radius 1 is 1.31 bits per heavy atom. The average molecular weight is 291 g/mol. The normalized spacial score (nSPS) is 10.2.